The number of piperidine rings is 1. The predicted molar refractivity (Wildman–Crippen MR) is 119 cm³/mol. The van der Waals surface area contributed by atoms with Crippen molar-refractivity contribution in [1.82, 2.24) is 5.32 Å². The summed E-state index contributed by atoms with van der Waals surface area (Å²) in [5, 5.41) is 16.1. The highest BCUT2D eigenvalue weighted by atomic mass is 35.5. The number of hydrogen-bond donors (Lipinski definition) is 3. The van der Waals surface area contributed by atoms with Crippen LogP contribution in [0.3, 0.4) is 0 Å². The number of amides is 2. The standard InChI is InChI=1S/C23H20Cl2N2O4/c1-3-11(2)20-23(16-5-4-14(24)9-18(16)26-22(23)31)17(10-19(28)27-20)12-6-13(21(29)30)8-15(25)7-12/h4-9,17,20H,2-3,10H2,1H3,(H,26,31)(H,27,28)(H,29,30)/t17-,20?,23-/m0/s1. The van der Waals surface area contributed by atoms with Gasteiger partial charge in [0.05, 0.1) is 11.6 Å². The van der Waals surface area contributed by atoms with Crippen molar-refractivity contribution in [3.05, 3.63) is 75.3 Å². The number of carboxylic acids is 1. The summed E-state index contributed by atoms with van der Waals surface area (Å²) in [6.07, 6.45) is 0.536. The molecule has 4 rings (SSSR count). The highest BCUT2D eigenvalue weighted by Gasteiger charge is 2.61. The summed E-state index contributed by atoms with van der Waals surface area (Å²) in [6.45, 7) is 6.03. The third-order valence-electron chi connectivity index (χ3n) is 6.18. The smallest absolute Gasteiger partial charge is 0.335 e. The van der Waals surface area contributed by atoms with Gasteiger partial charge in [-0.25, -0.2) is 4.79 Å². The van der Waals surface area contributed by atoms with Crippen molar-refractivity contribution in [1.29, 1.82) is 0 Å². The zero-order valence-electron chi connectivity index (χ0n) is 16.7. The first-order valence-electron chi connectivity index (χ1n) is 9.80. The first kappa shape index (κ1) is 21.4. The van der Waals surface area contributed by atoms with Crippen LogP contribution in [0.25, 0.3) is 0 Å². The van der Waals surface area contributed by atoms with E-state index in [0.717, 1.165) is 0 Å². The second kappa shape index (κ2) is 7.70. The lowest BCUT2D eigenvalue weighted by Gasteiger charge is -2.47. The molecular formula is C23H20Cl2N2O4. The van der Waals surface area contributed by atoms with Crippen LogP contribution < -0.4 is 10.6 Å². The molecule has 160 valence electrons. The summed E-state index contributed by atoms with van der Waals surface area (Å²) in [4.78, 5) is 38.0. The fourth-order valence-corrected chi connectivity index (χ4v) is 5.20. The predicted octanol–water partition coefficient (Wildman–Crippen LogP) is 4.52. The second-order valence-electron chi connectivity index (χ2n) is 7.86. The highest BCUT2D eigenvalue weighted by Crippen LogP contribution is 2.54. The molecule has 1 spiro atoms. The molecule has 2 heterocycles. The number of benzene rings is 2. The fourth-order valence-electron chi connectivity index (χ4n) is 4.79. The van der Waals surface area contributed by atoms with Crippen LogP contribution in [-0.4, -0.2) is 28.9 Å². The van der Waals surface area contributed by atoms with Gasteiger partial charge >= 0.3 is 5.97 Å². The minimum absolute atomic E-state index is 0.00997. The maximum atomic E-state index is 13.6. The number of carbonyl (C=O) groups is 3. The normalized spacial score (nSPS) is 24.5. The van der Waals surface area contributed by atoms with Crippen molar-refractivity contribution >= 4 is 46.7 Å². The summed E-state index contributed by atoms with van der Waals surface area (Å²) < 4.78 is 0. The van der Waals surface area contributed by atoms with Crippen LogP contribution >= 0.6 is 23.2 Å². The molecule has 0 saturated carbocycles. The molecule has 1 unspecified atom stereocenters. The van der Waals surface area contributed by atoms with Gasteiger partial charge in [0, 0.05) is 28.1 Å². The van der Waals surface area contributed by atoms with Crippen molar-refractivity contribution < 1.29 is 19.5 Å². The van der Waals surface area contributed by atoms with Gasteiger partial charge in [-0.3, -0.25) is 9.59 Å². The average molecular weight is 459 g/mol. The molecule has 0 bridgehead atoms. The number of aromatic carboxylic acids is 1. The molecule has 0 radical (unpaired) electrons. The minimum atomic E-state index is -1.22. The summed E-state index contributed by atoms with van der Waals surface area (Å²) in [5.41, 5.74) is 1.21. The van der Waals surface area contributed by atoms with Crippen molar-refractivity contribution in [3.8, 4) is 0 Å². The van der Waals surface area contributed by atoms with Gasteiger partial charge in [0.2, 0.25) is 11.8 Å². The molecule has 2 aliphatic rings. The van der Waals surface area contributed by atoms with Crippen LogP contribution in [0.4, 0.5) is 5.69 Å². The van der Waals surface area contributed by atoms with E-state index in [1.165, 1.54) is 12.1 Å². The number of carboxylic acid groups (broad SMARTS) is 1. The van der Waals surface area contributed by atoms with Crippen molar-refractivity contribution in [3.63, 3.8) is 0 Å². The first-order valence-corrected chi connectivity index (χ1v) is 10.6. The second-order valence-corrected chi connectivity index (χ2v) is 8.73. The number of anilines is 1. The minimum Gasteiger partial charge on any atom is -0.478 e. The Labute approximate surface area is 189 Å². The topological polar surface area (TPSA) is 95.5 Å². The number of rotatable bonds is 4. The van der Waals surface area contributed by atoms with E-state index in [9.17, 15) is 19.5 Å². The van der Waals surface area contributed by atoms with Crippen LogP contribution in [0.1, 0.15) is 47.2 Å². The van der Waals surface area contributed by atoms with E-state index < -0.39 is 23.3 Å². The van der Waals surface area contributed by atoms with Gasteiger partial charge in [-0.05, 0) is 47.9 Å². The summed E-state index contributed by atoms with van der Waals surface area (Å²) >= 11 is 12.4. The maximum Gasteiger partial charge on any atom is 0.335 e. The molecule has 3 N–H and O–H groups in total. The Kier molecular flexibility index (Phi) is 5.31. The van der Waals surface area contributed by atoms with Gasteiger partial charge in [0.25, 0.3) is 0 Å². The monoisotopic (exact) mass is 458 g/mol. The van der Waals surface area contributed by atoms with E-state index in [2.05, 4.69) is 17.2 Å². The van der Waals surface area contributed by atoms with Crippen LogP contribution in [0.15, 0.2) is 48.6 Å². The van der Waals surface area contributed by atoms with E-state index in [1.54, 1.807) is 24.3 Å². The van der Waals surface area contributed by atoms with Crippen LogP contribution in [-0.2, 0) is 15.0 Å². The van der Waals surface area contributed by atoms with E-state index in [4.69, 9.17) is 23.2 Å². The van der Waals surface area contributed by atoms with Gasteiger partial charge in [-0.2, -0.15) is 0 Å². The molecule has 3 atom stereocenters. The Balaban J connectivity index is 2.02. The third-order valence-corrected chi connectivity index (χ3v) is 6.64. The quantitative estimate of drug-likeness (QED) is 0.586. The third kappa shape index (κ3) is 3.30. The SMILES string of the molecule is C=C(CC)C1NC(=O)C[C@@H](c2cc(Cl)cc(C(=O)O)c2)[C@]12C(=O)Nc1cc(Cl)ccc12. The molecule has 1 saturated heterocycles. The lowest BCUT2D eigenvalue weighted by atomic mass is 9.59. The summed E-state index contributed by atoms with van der Waals surface area (Å²) in [5.74, 6) is -2.35. The number of nitrogens with one attached hydrogen (secondary N) is 2. The Morgan fingerprint density at radius 2 is 1.94 bits per heavy atom. The first-order chi connectivity index (χ1) is 14.7. The van der Waals surface area contributed by atoms with Gasteiger partial charge in [0.1, 0.15) is 5.41 Å². The number of fused-ring (bicyclic) bond motifs is 2. The molecule has 2 aliphatic heterocycles. The molecule has 8 heteroatoms. The Morgan fingerprint density at radius 3 is 2.61 bits per heavy atom. The van der Waals surface area contributed by atoms with Crippen LogP contribution in [0.2, 0.25) is 10.0 Å². The molecule has 31 heavy (non-hydrogen) atoms. The van der Waals surface area contributed by atoms with Crippen molar-refractivity contribution in [2.45, 2.75) is 37.1 Å². The summed E-state index contributed by atoms with van der Waals surface area (Å²) in [7, 11) is 0. The van der Waals surface area contributed by atoms with Gasteiger partial charge in [-0.1, -0.05) is 48.3 Å². The van der Waals surface area contributed by atoms with E-state index in [0.29, 0.717) is 33.8 Å². The van der Waals surface area contributed by atoms with Crippen molar-refractivity contribution in [2.75, 3.05) is 5.32 Å². The Morgan fingerprint density at radius 1 is 1.19 bits per heavy atom. The molecule has 2 aromatic rings. The molecule has 1 fully saturated rings. The molecule has 2 aromatic carbocycles. The molecule has 2 amide bonds. The Hall–Kier alpha value is -2.83. The summed E-state index contributed by atoms with van der Waals surface area (Å²) in [6, 6.07) is 8.90. The number of hydrogen-bond acceptors (Lipinski definition) is 3. The lowest BCUT2D eigenvalue weighted by Crippen LogP contribution is -2.62. The molecule has 0 aliphatic carbocycles. The maximum absolute atomic E-state index is 13.6. The number of halogens is 2. The Bertz CT molecular complexity index is 1150. The molecule has 6 nitrogen and oxygen atoms in total. The average Bonchev–Trinajstić information content (AvgIpc) is 2.99. The van der Waals surface area contributed by atoms with Crippen LogP contribution in [0.5, 0.6) is 0 Å². The fraction of sp³-hybridized carbons (Fsp3) is 0.261. The van der Waals surface area contributed by atoms with E-state index in [1.807, 2.05) is 6.92 Å². The van der Waals surface area contributed by atoms with E-state index >= 15 is 0 Å². The van der Waals surface area contributed by atoms with Gasteiger partial charge in [-0.15, -0.1) is 0 Å². The largest absolute Gasteiger partial charge is 0.478 e. The van der Waals surface area contributed by atoms with Gasteiger partial charge in [0.15, 0.2) is 0 Å². The lowest BCUT2D eigenvalue weighted by molar-refractivity contribution is -0.130. The van der Waals surface area contributed by atoms with Crippen molar-refractivity contribution in [2.24, 2.45) is 0 Å². The zero-order chi connectivity index (χ0) is 22.5. The molecule has 0 aromatic heterocycles. The highest BCUT2D eigenvalue weighted by molar-refractivity contribution is 6.31. The number of carbonyl (C=O) groups excluding carboxylic acids is 2. The van der Waals surface area contributed by atoms with E-state index in [-0.39, 0.29) is 28.8 Å². The van der Waals surface area contributed by atoms with Crippen LogP contribution in [0, 0.1) is 0 Å². The zero-order valence-corrected chi connectivity index (χ0v) is 18.2. The van der Waals surface area contributed by atoms with Gasteiger partial charge < -0.3 is 15.7 Å². The molecular weight excluding hydrogens is 439 g/mol.